The number of aryl methyl sites for hydroxylation is 1. The summed E-state index contributed by atoms with van der Waals surface area (Å²) >= 11 is 0. The summed E-state index contributed by atoms with van der Waals surface area (Å²) in [7, 11) is -1.74. The average Bonchev–Trinajstić information content (AvgIpc) is 3.43. The first-order valence-corrected chi connectivity index (χ1v) is 16.8. The molecule has 0 amide bonds. The first-order chi connectivity index (χ1) is 16.3. The van der Waals surface area contributed by atoms with E-state index in [1.807, 2.05) is 0 Å². The van der Waals surface area contributed by atoms with Crippen LogP contribution in [0, 0.1) is 0 Å². The highest BCUT2D eigenvalue weighted by molar-refractivity contribution is 6.82. The lowest BCUT2D eigenvalue weighted by Gasteiger charge is -2.39. The highest BCUT2D eigenvalue weighted by Gasteiger charge is 2.47. The largest absolute Gasteiger partial charge is 0.0717 e. The van der Waals surface area contributed by atoms with Crippen LogP contribution in [0.3, 0.4) is 0 Å². The maximum absolute atomic E-state index is 2.67. The normalized spacial score (nSPS) is 20.6. The van der Waals surface area contributed by atoms with Crippen molar-refractivity contribution in [3.63, 3.8) is 0 Å². The summed E-state index contributed by atoms with van der Waals surface area (Å²) in [5.74, 6) is 0. The number of benzene rings is 2. The highest BCUT2D eigenvalue weighted by atomic mass is 28.3. The zero-order valence-corrected chi connectivity index (χ0v) is 24.7. The summed E-state index contributed by atoms with van der Waals surface area (Å²) in [6.45, 7) is 24.2. The molecule has 0 aromatic heterocycles. The van der Waals surface area contributed by atoms with Crippen LogP contribution in [0.1, 0.15) is 95.2 Å². The standard InChI is InChI=1S/C34H44Si/c1-20-18-29-30(32(20)35(9,10)33-23(4)21(2)22(3)24(33)5)19-26-12-11-13-28(26)31(29)25-14-16-27(17-15-25)34(6,7)8/h14-19,32-33H,11-13H2,1-10H3. The zero-order chi connectivity index (χ0) is 25.4. The molecule has 0 radical (unpaired) electrons. The van der Waals surface area contributed by atoms with Crippen LogP contribution in [0.4, 0.5) is 0 Å². The van der Waals surface area contributed by atoms with Gasteiger partial charge in [0.25, 0.3) is 0 Å². The van der Waals surface area contributed by atoms with Crippen molar-refractivity contribution in [1.29, 1.82) is 0 Å². The van der Waals surface area contributed by atoms with Gasteiger partial charge in [0.2, 0.25) is 0 Å². The van der Waals surface area contributed by atoms with Crippen molar-refractivity contribution in [2.75, 3.05) is 0 Å². The van der Waals surface area contributed by atoms with Crippen molar-refractivity contribution in [3.05, 3.63) is 86.0 Å². The van der Waals surface area contributed by atoms with Crippen LogP contribution in [0.15, 0.2) is 58.2 Å². The predicted molar refractivity (Wildman–Crippen MR) is 157 cm³/mol. The Morgan fingerprint density at radius 2 is 1.40 bits per heavy atom. The molecule has 0 N–H and O–H groups in total. The fraction of sp³-hybridized carbons (Fsp3) is 0.471. The number of rotatable bonds is 3. The molecular weight excluding hydrogens is 436 g/mol. The smallest absolute Gasteiger partial charge is 0.0679 e. The van der Waals surface area contributed by atoms with Gasteiger partial charge in [-0.05, 0) is 115 Å². The fourth-order valence-corrected chi connectivity index (χ4v) is 13.1. The van der Waals surface area contributed by atoms with Gasteiger partial charge < -0.3 is 0 Å². The molecule has 1 unspecified atom stereocenters. The molecule has 0 fully saturated rings. The van der Waals surface area contributed by atoms with Crippen LogP contribution in [0.25, 0.3) is 17.2 Å². The number of hydrogen-bond acceptors (Lipinski definition) is 0. The summed E-state index contributed by atoms with van der Waals surface area (Å²) in [6, 6.07) is 12.2. The quantitative estimate of drug-likeness (QED) is 0.383. The maximum atomic E-state index is 2.67. The van der Waals surface area contributed by atoms with E-state index in [9.17, 15) is 0 Å². The van der Waals surface area contributed by atoms with E-state index in [0.29, 0.717) is 11.1 Å². The summed E-state index contributed by atoms with van der Waals surface area (Å²) in [4.78, 5) is 0. The van der Waals surface area contributed by atoms with Gasteiger partial charge in [-0.3, -0.25) is 0 Å². The third kappa shape index (κ3) is 3.68. The van der Waals surface area contributed by atoms with Gasteiger partial charge in [0, 0.05) is 5.54 Å². The van der Waals surface area contributed by atoms with E-state index in [2.05, 4.69) is 105 Å². The second kappa shape index (κ2) is 8.20. The molecule has 2 aromatic rings. The molecule has 0 saturated heterocycles. The molecule has 2 aromatic carbocycles. The van der Waals surface area contributed by atoms with E-state index < -0.39 is 8.07 Å². The highest BCUT2D eigenvalue weighted by Crippen LogP contribution is 2.56. The van der Waals surface area contributed by atoms with Gasteiger partial charge in [-0.2, -0.15) is 0 Å². The summed E-state index contributed by atoms with van der Waals surface area (Å²) < 4.78 is 0. The first-order valence-electron chi connectivity index (χ1n) is 13.7. The van der Waals surface area contributed by atoms with Gasteiger partial charge in [-0.15, -0.1) is 0 Å². The Balaban J connectivity index is 1.67. The summed E-state index contributed by atoms with van der Waals surface area (Å²) in [6.07, 6.45) is 6.34. The second-order valence-electron chi connectivity index (χ2n) is 13.3. The van der Waals surface area contributed by atoms with Crippen LogP contribution in [-0.2, 0) is 18.3 Å². The lowest BCUT2D eigenvalue weighted by molar-refractivity contribution is 0.590. The van der Waals surface area contributed by atoms with Crippen molar-refractivity contribution < 1.29 is 0 Å². The van der Waals surface area contributed by atoms with Crippen LogP contribution < -0.4 is 0 Å². The van der Waals surface area contributed by atoms with Gasteiger partial charge in [-0.1, -0.05) is 87.0 Å². The van der Waals surface area contributed by atoms with Crippen LogP contribution in [0.2, 0.25) is 18.6 Å². The van der Waals surface area contributed by atoms with E-state index in [4.69, 9.17) is 0 Å². The van der Waals surface area contributed by atoms with E-state index in [-0.39, 0.29) is 5.41 Å². The van der Waals surface area contributed by atoms with Gasteiger partial charge in [0.1, 0.15) is 0 Å². The Labute approximate surface area is 215 Å². The van der Waals surface area contributed by atoms with E-state index >= 15 is 0 Å². The van der Waals surface area contributed by atoms with Crippen LogP contribution >= 0.6 is 0 Å². The van der Waals surface area contributed by atoms with E-state index in [0.717, 1.165) is 0 Å². The minimum absolute atomic E-state index is 0.185. The Bertz CT molecular complexity index is 1280. The molecule has 5 rings (SSSR count). The molecule has 0 saturated carbocycles. The molecular formula is C34H44Si. The molecule has 1 heteroatoms. The second-order valence-corrected chi connectivity index (χ2v) is 18.1. The summed E-state index contributed by atoms with van der Waals surface area (Å²) in [5.41, 5.74) is 20.2. The van der Waals surface area contributed by atoms with Crippen molar-refractivity contribution in [3.8, 4) is 11.1 Å². The molecule has 184 valence electrons. The topological polar surface area (TPSA) is 0 Å². The molecule has 3 aliphatic carbocycles. The van der Waals surface area contributed by atoms with Crippen LogP contribution in [-0.4, -0.2) is 8.07 Å². The first kappa shape index (κ1) is 24.6. The minimum Gasteiger partial charge on any atom is -0.0679 e. The zero-order valence-electron chi connectivity index (χ0n) is 23.7. The molecule has 0 spiro atoms. The van der Waals surface area contributed by atoms with Gasteiger partial charge in [0.15, 0.2) is 0 Å². The van der Waals surface area contributed by atoms with Gasteiger partial charge >= 0.3 is 0 Å². The molecule has 35 heavy (non-hydrogen) atoms. The van der Waals surface area contributed by atoms with Gasteiger partial charge in [-0.25, -0.2) is 0 Å². The Hall–Kier alpha value is -2.12. The third-order valence-electron chi connectivity index (χ3n) is 9.75. The van der Waals surface area contributed by atoms with Gasteiger partial charge in [0.05, 0.1) is 8.07 Å². The number of fused-ring (bicyclic) bond motifs is 2. The molecule has 0 nitrogen and oxygen atoms in total. The van der Waals surface area contributed by atoms with Crippen molar-refractivity contribution >= 4 is 14.1 Å². The lowest BCUT2D eigenvalue weighted by atomic mass is 9.84. The third-order valence-corrected chi connectivity index (χ3v) is 14.4. The fourth-order valence-electron chi connectivity index (χ4n) is 7.82. The molecule has 0 bridgehead atoms. The summed E-state index contributed by atoms with van der Waals surface area (Å²) in [5, 5.41) is 0. The van der Waals surface area contributed by atoms with Crippen LogP contribution in [0.5, 0.6) is 0 Å². The predicted octanol–water partition coefficient (Wildman–Crippen LogP) is 9.94. The molecule has 0 heterocycles. The molecule has 1 atom stereocenters. The monoisotopic (exact) mass is 480 g/mol. The number of allylic oxidation sites excluding steroid dienone is 5. The Kier molecular flexibility index (Phi) is 5.76. The number of hydrogen-bond donors (Lipinski definition) is 0. The average molecular weight is 481 g/mol. The SMILES string of the molecule is CC1=Cc2c(cc3c(c2-c2ccc(C(C)(C)C)cc2)CCC3)C1[Si](C)(C)C1C(C)=C(C)C(C)=C1C. The lowest BCUT2D eigenvalue weighted by Crippen LogP contribution is -2.41. The van der Waals surface area contributed by atoms with Crippen molar-refractivity contribution in [2.24, 2.45) is 0 Å². The molecule has 3 aliphatic rings. The Morgan fingerprint density at radius 3 is 1.97 bits per heavy atom. The minimum atomic E-state index is -1.74. The van der Waals surface area contributed by atoms with E-state index in [1.54, 1.807) is 50.1 Å². The maximum Gasteiger partial charge on any atom is 0.0717 e. The Morgan fingerprint density at radius 1 is 0.800 bits per heavy atom. The van der Waals surface area contributed by atoms with Crippen molar-refractivity contribution in [1.82, 2.24) is 0 Å². The van der Waals surface area contributed by atoms with E-state index in [1.165, 1.54) is 36.0 Å². The van der Waals surface area contributed by atoms with Crippen molar-refractivity contribution in [2.45, 2.75) is 104 Å². The molecule has 0 aliphatic heterocycles.